The highest BCUT2D eigenvalue weighted by atomic mass is 35.5. The number of hydrogen-bond acceptors (Lipinski definition) is 2. The van der Waals surface area contributed by atoms with E-state index in [4.69, 9.17) is 11.6 Å². The van der Waals surface area contributed by atoms with Gasteiger partial charge in [-0.25, -0.2) is 0 Å². The van der Waals surface area contributed by atoms with Crippen LogP contribution in [0.3, 0.4) is 0 Å². The number of thioether (sulfide) groups is 1. The Hall–Kier alpha value is 0.110. The van der Waals surface area contributed by atoms with Crippen LogP contribution >= 0.6 is 23.4 Å². The number of hydrogen-bond donors (Lipinski definition) is 1. The third-order valence-corrected chi connectivity index (χ3v) is 2.81. The van der Waals surface area contributed by atoms with Crippen molar-refractivity contribution in [1.29, 1.82) is 0 Å². The van der Waals surface area contributed by atoms with Gasteiger partial charge in [-0.2, -0.15) is 11.8 Å². The molecule has 0 radical (unpaired) electrons. The summed E-state index contributed by atoms with van der Waals surface area (Å²) in [5, 5.41) is 2.89. The van der Waals surface area contributed by atoms with Crippen LogP contribution in [0.4, 0.5) is 0 Å². The first-order valence-electron chi connectivity index (χ1n) is 5.25. The highest BCUT2D eigenvalue weighted by Gasteiger charge is 2.17. The SMILES string of the molecule is CSCCC(=O)NCC(Cl)CC(C)(C)C. The highest BCUT2D eigenvalue weighted by Crippen LogP contribution is 2.23. The lowest BCUT2D eigenvalue weighted by Crippen LogP contribution is -2.31. The number of carbonyl (C=O) groups is 1. The quantitative estimate of drug-likeness (QED) is 0.736. The summed E-state index contributed by atoms with van der Waals surface area (Å²) in [4.78, 5) is 11.3. The summed E-state index contributed by atoms with van der Waals surface area (Å²) in [5.41, 5.74) is 0.219. The normalized spacial score (nSPS) is 13.7. The average Bonchev–Trinajstić information content (AvgIpc) is 2.08. The van der Waals surface area contributed by atoms with Crippen molar-refractivity contribution in [2.75, 3.05) is 18.6 Å². The molecule has 1 amide bonds. The molecule has 0 aromatic heterocycles. The number of rotatable bonds is 6. The first kappa shape index (κ1) is 15.1. The van der Waals surface area contributed by atoms with Crippen LogP contribution in [0.2, 0.25) is 0 Å². The van der Waals surface area contributed by atoms with E-state index in [9.17, 15) is 4.79 Å². The van der Waals surface area contributed by atoms with Crippen LogP contribution in [-0.4, -0.2) is 29.8 Å². The molecule has 0 spiro atoms. The Balaban J connectivity index is 3.62. The van der Waals surface area contributed by atoms with Gasteiger partial charge in [0.05, 0.1) is 5.38 Å². The van der Waals surface area contributed by atoms with Crippen molar-refractivity contribution >= 4 is 29.3 Å². The molecule has 1 N–H and O–H groups in total. The van der Waals surface area contributed by atoms with Crippen molar-refractivity contribution in [3.63, 3.8) is 0 Å². The van der Waals surface area contributed by atoms with Crippen LogP contribution in [0.5, 0.6) is 0 Å². The lowest BCUT2D eigenvalue weighted by atomic mass is 9.90. The molecule has 0 fully saturated rings. The van der Waals surface area contributed by atoms with Crippen LogP contribution in [0.25, 0.3) is 0 Å². The molecule has 0 bridgehead atoms. The third-order valence-electron chi connectivity index (χ3n) is 1.89. The van der Waals surface area contributed by atoms with Gasteiger partial charge in [0.2, 0.25) is 5.91 Å². The molecule has 0 saturated heterocycles. The molecule has 0 saturated carbocycles. The molecule has 15 heavy (non-hydrogen) atoms. The number of amides is 1. The first-order chi connectivity index (χ1) is 6.85. The van der Waals surface area contributed by atoms with Gasteiger partial charge in [-0.15, -0.1) is 11.6 Å². The average molecular weight is 252 g/mol. The minimum absolute atomic E-state index is 0.0308. The number of alkyl halides is 1. The zero-order chi connectivity index (χ0) is 11.9. The van der Waals surface area contributed by atoms with Crippen LogP contribution in [0, 0.1) is 5.41 Å². The van der Waals surface area contributed by atoms with Crippen LogP contribution in [-0.2, 0) is 4.79 Å². The number of carbonyl (C=O) groups excluding carboxylic acids is 1. The molecular weight excluding hydrogens is 230 g/mol. The lowest BCUT2D eigenvalue weighted by molar-refractivity contribution is -0.120. The van der Waals surface area contributed by atoms with Gasteiger partial charge in [-0.05, 0) is 18.1 Å². The van der Waals surface area contributed by atoms with Crippen molar-refractivity contribution in [1.82, 2.24) is 5.32 Å². The molecule has 0 aromatic rings. The summed E-state index contributed by atoms with van der Waals surface area (Å²) in [7, 11) is 0. The monoisotopic (exact) mass is 251 g/mol. The molecule has 0 aromatic carbocycles. The second-order valence-electron chi connectivity index (χ2n) is 4.91. The van der Waals surface area contributed by atoms with Gasteiger partial charge >= 0.3 is 0 Å². The van der Waals surface area contributed by atoms with Gasteiger partial charge in [0.15, 0.2) is 0 Å². The van der Waals surface area contributed by atoms with Crippen molar-refractivity contribution in [2.24, 2.45) is 5.41 Å². The van der Waals surface area contributed by atoms with E-state index in [2.05, 4.69) is 26.1 Å². The Morgan fingerprint density at radius 3 is 2.53 bits per heavy atom. The largest absolute Gasteiger partial charge is 0.355 e. The van der Waals surface area contributed by atoms with E-state index in [-0.39, 0.29) is 16.7 Å². The maximum absolute atomic E-state index is 11.3. The van der Waals surface area contributed by atoms with Gasteiger partial charge in [-0.3, -0.25) is 4.79 Å². The summed E-state index contributed by atoms with van der Waals surface area (Å²) in [6.45, 7) is 7.03. The van der Waals surface area contributed by atoms with Gasteiger partial charge in [-0.1, -0.05) is 20.8 Å². The van der Waals surface area contributed by atoms with Gasteiger partial charge < -0.3 is 5.32 Å². The standard InChI is InChI=1S/C11H22ClNOS/c1-11(2,3)7-9(12)8-13-10(14)5-6-15-4/h9H,5-8H2,1-4H3,(H,13,14). The molecule has 0 heterocycles. The smallest absolute Gasteiger partial charge is 0.220 e. The summed E-state index contributed by atoms with van der Waals surface area (Å²) >= 11 is 7.80. The van der Waals surface area contributed by atoms with E-state index < -0.39 is 0 Å². The zero-order valence-corrected chi connectivity index (χ0v) is 11.7. The number of halogens is 1. The summed E-state index contributed by atoms with van der Waals surface area (Å²) in [6, 6.07) is 0. The van der Waals surface area contributed by atoms with Crippen molar-refractivity contribution in [2.45, 2.75) is 39.0 Å². The molecule has 2 nitrogen and oxygen atoms in total. The highest BCUT2D eigenvalue weighted by molar-refractivity contribution is 7.98. The summed E-state index contributed by atoms with van der Waals surface area (Å²) < 4.78 is 0. The van der Waals surface area contributed by atoms with Gasteiger partial charge in [0.1, 0.15) is 0 Å². The maximum atomic E-state index is 11.3. The minimum Gasteiger partial charge on any atom is -0.355 e. The minimum atomic E-state index is 0.0308. The fraction of sp³-hybridized carbons (Fsp3) is 0.909. The van der Waals surface area contributed by atoms with E-state index in [0.717, 1.165) is 12.2 Å². The predicted molar refractivity (Wildman–Crippen MR) is 69.7 cm³/mol. The Morgan fingerprint density at radius 2 is 2.07 bits per heavy atom. The van der Waals surface area contributed by atoms with E-state index in [1.807, 2.05) is 6.26 Å². The van der Waals surface area contributed by atoms with E-state index in [1.54, 1.807) is 11.8 Å². The molecule has 0 aliphatic rings. The zero-order valence-electron chi connectivity index (χ0n) is 10.1. The van der Waals surface area contributed by atoms with Crippen molar-refractivity contribution in [3.8, 4) is 0 Å². The molecular formula is C11H22ClNOS. The fourth-order valence-electron chi connectivity index (χ4n) is 1.24. The molecule has 0 aliphatic heterocycles. The number of nitrogens with one attached hydrogen (secondary N) is 1. The summed E-state index contributed by atoms with van der Waals surface area (Å²) in [6.07, 6.45) is 3.49. The predicted octanol–water partition coefficient (Wildman–Crippen LogP) is 2.90. The topological polar surface area (TPSA) is 29.1 Å². The second-order valence-corrected chi connectivity index (χ2v) is 6.51. The third kappa shape index (κ3) is 10.4. The fourth-order valence-corrected chi connectivity index (χ4v) is 2.17. The first-order valence-corrected chi connectivity index (χ1v) is 7.08. The molecule has 90 valence electrons. The Morgan fingerprint density at radius 1 is 1.47 bits per heavy atom. The maximum Gasteiger partial charge on any atom is 0.220 e. The van der Waals surface area contributed by atoms with Crippen molar-refractivity contribution in [3.05, 3.63) is 0 Å². The van der Waals surface area contributed by atoms with E-state index in [0.29, 0.717) is 13.0 Å². The van der Waals surface area contributed by atoms with Gasteiger partial charge in [0.25, 0.3) is 0 Å². The van der Waals surface area contributed by atoms with E-state index >= 15 is 0 Å². The van der Waals surface area contributed by atoms with Crippen LogP contribution in [0.1, 0.15) is 33.6 Å². The molecule has 0 aliphatic carbocycles. The Bertz CT molecular complexity index is 192. The summed E-state index contributed by atoms with van der Waals surface area (Å²) in [5.74, 6) is 0.974. The van der Waals surface area contributed by atoms with E-state index in [1.165, 1.54) is 0 Å². The molecule has 1 unspecified atom stereocenters. The second kappa shape index (κ2) is 7.39. The Kier molecular flexibility index (Phi) is 7.45. The van der Waals surface area contributed by atoms with Gasteiger partial charge in [0, 0.05) is 18.7 Å². The molecule has 4 heteroatoms. The molecule has 1 atom stereocenters. The Labute approximate surface area is 103 Å². The molecule has 0 rings (SSSR count). The lowest BCUT2D eigenvalue weighted by Gasteiger charge is -2.21. The van der Waals surface area contributed by atoms with Crippen LogP contribution in [0.15, 0.2) is 0 Å². The van der Waals surface area contributed by atoms with Crippen LogP contribution < -0.4 is 5.32 Å². The van der Waals surface area contributed by atoms with Crippen molar-refractivity contribution < 1.29 is 4.79 Å².